The quantitative estimate of drug-likeness (QED) is 0.139. The second kappa shape index (κ2) is 16.3. The van der Waals surface area contributed by atoms with Gasteiger partial charge in [0.2, 0.25) is 0 Å². The number of hydrogen-bond acceptors (Lipinski definition) is 0. The van der Waals surface area contributed by atoms with Crippen LogP contribution in [0.15, 0.2) is 96.1 Å². The zero-order valence-electron chi connectivity index (χ0n) is 37.5. The molecule has 0 radical (unpaired) electrons. The molecule has 4 aromatic rings. The van der Waals surface area contributed by atoms with Gasteiger partial charge in [-0.15, -0.1) is 24.8 Å². The molecule has 8 rings (SSSR count). The van der Waals surface area contributed by atoms with Crippen molar-refractivity contribution in [3.05, 3.63) is 118 Å². The Balaban J connectivity index is 0.00000283. The number of benzene rings is 4. The van der Waals surface area contributed by atoms with Crippen LogP contribution < -0.4 is 10.4 Å². The van der Waals surface area contributed by atoms with Crippen molar-refractivity contribution in [1.29, 1.82) is 0 Å². The zero-order valence-corrected chi connectivity index (χ0v) is 45.0. The number of fused-ring (bicyclic) bond motifs is 2. The van der Waals surface area contributed by atoms with Gasteiger partial charge in [0, 0.05) is 0 Å². The standard InChI is InChI=1S/2C25H31Si.2CH3.2ClH.H2Si.Zr/c2*1-25(14-5-6-15-25)18-19-16-21-8-7-9-23(24(21)17-19)20-10-12-22(13-11-20)26(2,3)4;;;;;;/h2*7-13,16-17H,5-6,14-15,18H2,1-4H3;2*1H3;2*1H;1H2;. The molecule has 0 spiro atoms. The first-order valence-corrected chi connectivity index (χ1v) is 42.9. The summed E-state index contributed by atoms with van der Waals surface area (Å²) in [6.07, 6.45) is 19.1. The van der Waals surface area contributed by atoms with Gasteiger partial charge >= 0.3 is 348 Å². The van der Waals surface area contributed by atoms with Crippen molar-refractivity contribution in [1.82, 2.24) is 0 Å². The summed E-state index contributed by atoms with van der Waals surface area (Å²) >= 11 is -3.89. The van der Waals surface area contributed by atoms with Crippen molar-refractivity contribution in [3.63, 3.8) is 0 Å². The molecule has 4 aliphatic rings. The molecule has 58 heavy (non-hydrogen) atoms. The Morgan fingerprint density at radius 1 is 0.534 bits per heavy atom. The Labute approximate surface area is 369 Å². The number of halogens is 2. The summed E-state index contributed by atoms with van der Waals surface area (Å²) in [4.78, 5) is 0. The fourth-order valence-corrected chi connectivity index (χ4v) is 34.3. The van der Waals surface area contributed by atoms with Crippen molar-refractivity contribution in [3.8, 4) is 22.3 Å². The Kier molecular flexibility index (Phi) is 12.9. The van der Waals surface area contributed by atoms with Gasteiger partial charge in [-0.1, -0.05) is 0 Å². The first-order chi connectivity index (χ1) is 26.2. The van der Waals surface area contributed by atoms with Gasteiger partial charge in [-0.25, -0.2) is 0 Å². The third kappa shape index (κ3) is 8.61. The maximum absolute atomic E-state index is 3.89. The Hall–Kier alpha value is -1.53. The molecule has 0 aliphatic heterocycles. The van der Waals surface area contributed by atoms with Crippen LogP contribution >= 0.6 is 24.8 Å². The molecule has 0 N–H and O–H groups in total. The van der Waals surface area contributed by atoms with Crippen LogP contribution in [0.4, 0.5) is 0 Å². The predicted octanol–water partition coefficient (Wildman–Crippen LogP) is 14.8. The summed E-state index contributed by atoms with van der Waals surface area (Å²) in [6.45, 7) is 22.6. The molecule has 4 aliphatic carbocycles. The van der Waals surface area contributed by atoms with Gasteiger partial charge in [-0.2, -0.15) is 0 Å². The van der Waals surface area contributed by atoms with Crippen molar-refractivity contribution >= 4 is 70.4 Å². The monoisotopic (exact) mass is 940 g/mol. The van der Waals surface area contributed by atoms with E-state index < -0.39 is 33.5 Å². The molecule has 0 nitrogen and oxygen atoms in total. The summed E-state index contributed by atoms with van der Waals surface area (Å²) in [6, 6.07) is 34.3. The molecular formula is C52H72Cl2Si3Zr. The summed E-state index contributed by atoms with van der Waals surface area (Å²) in [5, 5.41) is 3.09. The summed E-state index contributed by atoms with van der Waals surface area (Å²) in [5.41, 5.74) is 16.4. The fourth-order valence-electron chi connectivity index (χ4n) is 12.2. The van der Waals surface area contributed by atoms with Gasteiger partial charge < -0.3 is 0 Å². The first-order valence-electron chi connectivity index (χ1n) is 22.2. The average molecular weight is 944 g/mol. The molecule has 2 saturated carbocycles. The van der Waals surface area contributed by atoms with Crippen LogP contribution in [-0.4, -0.2) is 23.0 Å². The second-order valence-corrected chi connectivity index (χ2v) is 63.5. The van der Waals surface area contributed by atoms with Crippen molar-refractivity contribution in [2.75, 3.05) is 0 Å². The van der Waals surface area contributed by atoms with E-state index in [0.717, 1.165) is 0 Å². The fraction of sp³-hybridized carbons (Fsp3) is 0.462. The first kappa shape index (κ1) is 46.0. The van der Waals surface area contributed by atoms with E-state index in [1.54, 1.807) is 32.6 Å². The molecule has 0 aromatic heterocycles. The zero-order chi connectivity index (χ0) is 39.9. The van der Waals surface area contributed by atoms with E-state index in [1.165, 1.54) is 97.6 Å². The minimum absolute atomic E-state index is 0. The van der Waals surface area contributed by atoms with Gasteiger partial charge in [0.25, 0.3) is 0 Å². The van der Waals surface area contributed by atoms with Crippen LogP contribution in [0.1, 0.15) is 108 Å². The molecular weight excluding hydrogens is 871 g/mol. The van der Waals surface area contributed by atoms with Crippen LogP contribution in [0, 0.1) is 10.8 Å². The number of allylic oxidation sites excluding steroid dienone is 2. The summed E-state index contributed by atoms with van der Waals surface area (Å²) < 4.78 is 6.89. The number of hydrogen-bond donors (Lipinski definition) is 0. The minimum atomic E-state index is -3.89. The Bertz CT molecular complexity index is 2130. The molecule has 2 fully saturated rings. The maximum atomic E-state index is 2.90. The van der Waals surface area contributed by atoms with E-state index in [9.17, 15) is 0 Å². The van der Waals surface area contributed by atoms with Crippen molar-refractivity contribution in [2.24, 2.45) is 10.8 Å². The van der Waals surface area contributed by atoms with E-state index in [2.05, 4.69) is 166 Å². The molecule has 0 bridgehead atoms. The van der Waals surface area contributed by atoms with Crippen LogP contribution in [0.2, 0.25) is 48.5 Å². The molecule has 2 atom stereocenters. The largest absolute Gasteiger partial charge is 0.147 e. The summed E-state index contributed by atoms with van der Waals surface area (Å²) in [7, 11) is -2.75. The van der Waals surface area contributed by atoms with E-state index in [-0.39, 0.29) is 24.8 Å². The predicted molar refractivity (Wildman–Crippen MR) is 268 cm³/mol. The second-order valence-electron chi connectivity index (χ2n) is 22.9. The van der Waals surface area contributed by atoms with Crippen molar-refractivity contribution < 1.29 is 17.4 Å². The summed E-state index contributed by atoms with van der Waals surface area (Å²) in [5.74, 6) is 0. The van der Waals surface area contributed by atoms with Crippen LogP contribution in [0.25, 0.3) is 34.4 Å². The molecule has 0 amide bonds. The normalized spacial score (nSPS) is 21.1. The van der Waals surface area contributed by atoms with Crippen LogP contribution in [0.5, 0.6) is 0 Å². The van der Waals surface area contributed by atoms with Crippen LogP contribution in [0.3, 0.4) is 0 Å². The minimum Gasteiger partial charge on any atom is -0.147 e. The van der Waals surface area contributed by atoms with E-state index in [0.29, 0.717) is 18.1 Å². The van der Waals surface area contributed by atoms with E-state index in [4.69, 9.17) is 0 Å². The SMILES string of the molecule is CC1(CC2=Cc3c(-c4ccc([Si](C)(C)C)cc4)cccc3[CH]2[Zr]([CH3])([CH3])(=[SiH2])[CH]2C(CC3(C)CCCC3)=Cc3c(-c4ccc([Si](C)(C)C)cc4)cccc32)CCCC1.Cl.Cl. The molecule has 6 heteroatoms. The maximum Gasteiger partial charge on any atom is -0.147 e. The van der Waals surface area contributed by atoms with Gasteiger partial charge in [0.05, 0.1) is 0 Å². The van der Waals surface area contributed by atoms with Gasteiger partial charge in [0.1, 0.15) is 0 Å². The average Bonchev–Trinajstić information content (AvgIpc) is 3.92. The number of rotatable bonds is 10. The van der Waals surface area contributed by atoms with Crippen molar-refractivity contribution in [2.45, 2.75) is 134 Å². The Morgan fingerprint density at radius 3 is 1.17 bits per heavy atom. The molecule has 2 unspecified atom stereocenters. The third-order valence-electron chi connectivity index (χ3n) is 15.2. The smallest absolute Gasteiger partial charge is 0.147 e. The third-order valence-corrected chi connectivity index (χ3v) is 36.8. The van der Waals surface area contributed by atoms with Gasteiger partial charge in [-0.3, -0.25) is 0 Å². The topological polar surface area (TPSA) is 0 Å². The molecule has 0 heterocycles. The van der Waals surface area contributed by atoms with Crippen LogP contribution in [-0.2, 0) is 17.4 Å². The van der Waals surface area contributed by atoms with Gasteiger partial charge in [-0.05, 0) is 0 Å². The Morgan fingerprint density at radius 2 is 0.862 bits per heavy atom. The molecule has 310 valence electrons. The van der Waals surface area contributed by atoms with E-state index in [1.807, 2.05) is 0 Å². The molecule has 4 aromatic carbocycles. The van der Waals surface area contributed by atoms with Gasteiger partial charge in [0.15, 0.2) is 0 Å². The molecule has 0 saturated heterocycles. The van der Waals surface area contributed by atoms with E-state index >= 15 is 0 Å².